The third-order valence-electron chi connectivity index (χ3n) is 7.93. The molecule has 6 nitrogen and oxygen atoms in total. The molecule has 1 aromatic heterocycles. The number of carbonyl (C=O) groups is 2. The summed E-state index contributed by atoms with van der Waals surface area (Å²) in [6.45, 7) is 1.93. The first-order chi connectivity index (χ1) is 19.8. The van der Waals surface area contributed by atoms with Crippen LogP contribution in [0.15, 0.2) is 100 Å². The smallest absolute Gasteiger partial charge is 0.291 e. The summed E-state index contributed by atoms with van der Waals surface area (Å²) in [6.07, 6.45) is 0. The number of nitrogens with zero attached hydrogens (tertiary/aromatic N) is 2. The number of benzene rings is 4. The van der Waals surface area contributed by atoms with Crippen molar-refractivity contribution in [2.75, 3.05) is 4.90 Å². The second kappa shape index (κ2) is 9.14. The highest BCUT2D eigenvalue weighted by Crippen LogP contribution is 2.53. The number of para-hydroxylation sites is 1. The molecule has 0 saturated carbocycles. The number of carbonyl (C=O) groups excluding carboxylic acids is 2. The van der Waals surface area contributed by atoms with Crippen molar-refractivity contribution in [1.29, 1.82) is 0 Å². The molecule has 0 N–H and O–H groups in total. The molecule has 8 heteroatoms. The van der Waals surface area contributed by atoms with E-state index in [2.05, 4.69) is 0 Å². The van der Waals surface area contributed by atoms with E-state index in [1.807, 2.05) is 6.92 Å². The van der Waals surface area contributed by atoms with Crippen molar-refractivity contribution in [2.45, 2.75) is 25.6 Å². The molecule has 7 rings (SSSR count). The Hall–Kier alpha value is -4.75. The fourth-order valence-electron chi connectivity index (χ4n) is 6.05. The van der Waals surface area contributed by atoms with Crippen LogP contribution < -0.4 is 10.3 Å². The molecule has 0 aliphatic carbocycles. The van der Waals surface area contributed by atoms with Crippen LogP contribution in [0, 0.1) is 12.7 Å². The SMILES string of the molecule is Cc1ccc2oc3c(c(=O)c2c1)C1(C(=O)N(Cc2ccc(F)cc2)c2ccccc21)N(Cc1ccccc1Cl)C3=O. The van der Waals surface area contributed by atoms with Crippen LogP contribution in [0.4, 0.5) is 10.1 Å². The van der Waals surface area contributed by atoms with E-state index in [9.17, 15) is 18.8 Å². The van der Waals surface area contributed by atoms with Gasteiger partial charge in [-0.25, -0.2) is 4.39 Å². The predicted octanol–water partition coefficient (Wildman–Crippen LogP) is 6.34. The van der Waals surface area contributed by atoms with Gasteiger partial charge in [0.2, 0.25) is 5.76 Å². The minimum Gasteiger partial charge on any atom is -0.450 e. The van der Waals surface area contributed by atoms with E-state index in [1.54, 1.807) is 83.8 Å². The van der Waals surface area contributed by atoms with Crippen LogP contribution in [0.1, 0.15) is 38.4 Å². The van der Waals surface area contributed by atoms with Gasteiger partial charge in [0.15, 0.2) is 11.0 Å². The van der Waals surface area contributed by atoms with Crippen molar-refractivity contribution in [1.82, 2.24) is 4.90 Å². The molecule has 1 unspecified atom stereocenters. The van der Waals surface area contributed by atoms with Crippen LogP contribution in [0.2, 0.25) is 5.02 Å². The second-order valence-corrected chi connectivity index (χ2v) is 10.8. The number of aryl methyl sites for hydroxylation is 1. The lowest BCUT2D eigenvalue weighted by Crippen LogP contribution is -2.53. The maximum absolute atomic E-state index is 14.9. The van der Waals surface area contributed by atoms with Gasteiger partial charge in [0.1, 0.15) is 11.4 Å². The normalized spacial score (nSPS) is 17.5. The Bertz CT molecular complexity index is 1970. The first-order valence-corrected chi connectivity index (χ1v) is 13.5. The molecule has 1 atom stereocenters. The summed E-state index contributed by atoms with van der Waals surface area (Å²) in [7, 11) is 0. The van der Waals surface area contributed by atoms with Gasteiger partial charge in [0, 0.05) is 17.1 Å². The number of amides is 2. The topological polar surface area (TPSA) is 70.8 Å². The van der Waals surface area contributed by atoms with Crippen molar-refractivity contribution in [2.24, 2.45) is 0 Å². The molecule has 41 heavy (non-hydrogen) atoms. The summed E-state index contributed by atoms with van der Waals surface area (Å²) in [5.41, 5.74) is 1.22. The number of hydrogen-bond donors (Lipinski definition) is 0. The molecule has 202 valence electrons. The van der Waals surface area contributed by atoms with Crippen molar-refractivity contribution in [3.8, 4) is 0 Å². The molecule has 0 bridgehead atoms. The molecule has 2 aliphatic heterocycles. The lowest BCUT2D eigenvalue weighted by atomic mass is 9.83. The summed E-state index contributed by atoms with van der Waals surface area (Å²) in [6, 6.07) is 25.2. The summed E-state index contributed by atoms with van der Waals surface area (Å²) >= 11 is 6.53. The summed E-state index contributed by atoms with van der Waals surface area (Å²) in [5, 5.41) is 0.714. The fourth-order valence-corrected chi connectivity index (χ4v) is 6.25. The fraction of sp³-hybridized carbons (Fsp3) is 0.121. The van der Waals surface area contributed by atoms with Gasteiger partial charge >= 0.3 is 0 Å². The maximum atomic E-state index is 14.9. The number of halogens is 2. The molecule has 2 aliphatic rings. The van der Waals surface area contributed by atoms with Crippen molar-refractivity contribution >= 4 is 40.1 Å². The van der Waals surface area contributed by atoms with Crippen LogP contribution in [0.25, 0.3) is 11.0 Å². The summed E-state index contributed by atoms with van der Waals surface area (Å²) in [5.74, 6) is -1.60. The first kappa shape index (κ1) is 25.2. The summed E-state index contributed by atoms with van der Waals surface area (Å²) in [4.78, 5) is 46.4. The largest absolute Gasteiger partial charge is 0.450 e. The highest BCUT2D eigenvalue weighted by molar-refractivity contribution is 6.31. The highest BCUT2D eigenvalue weighted by Gasteiger charge is 2.65. The minimum absolute atomic E-state index is 0.00768. The van der Waals surface area contributed by atoms with Crippen LogP contribution in [-0.4, -0.2) is 16.7 Å². The Balaban J connectivity index is 1.52. The van der Waals surface area contributed by atoms with Crippen LogP contribution in [0.3, 0.4) is 0 Å². The third-order valence-corrected chi connectivity index (χ3v) is 8.30. The zero-order chi connectivity index (χ0) is 28.5. The monoisotopic (exact) mass is 564 g/mol. The van der Waals surface area contributed by atoms with Gasteiger partial charge in [-0.05, 0) is 54.4 Å². The number of rotatable bonds is 4. The van der Waals surface area contributed by atoms with Crippen molar-refractivity contribution in [3.05, 3.63) is 146 Å². The molecule has 5 aromatic rings. The van der Waals surface area contributed by atoms with Gasteiger partial charge < -0.3 is 14.2 Å². The molecule has 2 amide bonds. The van der Waals surface area contributed by atoms with Crippen molar-refractivity contribution in [3.63, 3.8) is 0 Å². The maximum Gasteiger partial charge on any atom is 0.291 e. The Morgan fingerprint density at radius 1 is 0.878 bits per heavy atom. The Morgan fingerprint density at radius 2 is 1.61 bits per heavy atom. The molecule has 0 radical (unpaired) electrons. The molecule has 0 saturated heterocycles. The lowest BCUT2D eigenvalue weighted by molar-refractivity contribution is -0.126. The van der Waals surface area contributed by atoms with E-state index in [4.69, 9.17) is 16.0 Å². The zero-order valence-electron chi connectivity index (χ0n) is 21.9. The summed E-state index contributed by atoms with van der Waals surface area (Å²) < 4.78 is 19.8. The van der Waals surface area contributed by atoms with Crippen LogP contribution in [0.5, 0.6) is 0 Å². The van der Waals surface area contributed by atoms with Gasteiger partial charge in [-0.1, -0.05) is 71.8 Å². The van der Waals surface area contributed by atoms with E-state index in [1.165, 1.54) is 17.0 Å². The molecule has 4 aromatic carbocycles. The van der Waals surface area contributed by atoms with Gasteiger partial charge in [-0.3, -0.25) is 14.4 Å². The molecule has 0 fully saturated rings. The van der Waals surface area contributed by atoms with Gasteiger partial charge in [-0.2, -0.15) is 0 Å². The second-order valence-electron chi connectivity index (χ2n) is 10.4. The number of hydrogen-bond acceptors (Lipinski definition) is 4. The number of fused-ring (bicyclic) bond motifs is 5. The van der Waals surface area contributed by atoms with Crippen LogP contribution in [-0.2, 0) is 23.4 Å². The standard InChI is InChI=1S/C33H22ClFN2O4/c1-19-10-15-27-23(16-19)29(38)28-30(41-27)31(39)37(18-21-6-2-4-8-25(21)34)33(28)24-7-3-5-9-26(24)36(32(33)40)17-20-11-13-22(35)14-12-20/h2-16H,17-18H2,1H3. The average molecular weight is 565 g/mol. The zero-order valence-corrected chi connectivity index (χ0v) is 22.6. The van der Waals surface area contributed by atoms with E-state index >= 15 is 0 Å². The quantitative estimate of drug-likeness (QED) is 0.255. The Labute approximate surface area is 239 Å². The third kappa shape index (κ3) is 3.59. The van der Waals surface area contributed by atoms with E-state index < -0.39 is 22.8 Å². The molecule has 1 spiro atoms. The average Bonchev–Trinajstić information content (AvgIpc) is 3.36. The van der Waals surface area contributed by atoms with E-state index in [0.29, 0.717) is 27.4 Å². The van der Waals surface area contributed by atoms with Gasteiger partial charge in [-0.15, -0.1) is 0 Å². The van der Waals surface area contributed by atoms with Crippen molar-refractivity contribution < 1.29 is 18.4 Å². The van der Waals surface area contributed by atoms with Gasteiger partial charge in [0.25, 0.3) is 11.8 Å². The lowest BCUT2D eigenvalue weighted by Gasteiger charge is -2.34. The molecule has 3 heterocycles. The number of anilines is 1. The van der Waals surface area contributed by atoms with Crippen LogP contribution >= 0.6 is 11.6 Å². The minimum atomic E-state index is -1.79. The predicted molar refractivity (Wildman–Crippen MR) is 153 cm³/mol. The van der Waals surface area contributed by atoms with E-state index in [-0.39, 0.29) is 41.2 Å². The molecular weight excluding hydrogens is 543 g/mol. The Kier molecular flexibility index (Phi) is 5.63. The molecular formula is C33H22ClFN2O4. The van der Waals surface area contributed by atoms with Gasteiger partial charge in [0.05, 0.1) is 23.2 Å². The van der Waals surface area contributed by atoms with E-state index in [0.717, 1.165) is 5.56 Å². The highest BCUT2D eigenvalue weighted by atomic mass is 35.5. The first-order valence-electron chi connectivity index (χ1n) is 13.1. The Morgan fingerprint density at radius 3 is 2.39 bits per heavy atom.